The van der Waals surface area contributed by atoms with Crippen LogP contribution in [0.25, 0.3) is 0 Å². The normalized spacial score (nSPS) is 23.7. The Morgan fingerprint density at radius 1 is 1.28 bits per heavy atom. The Balaban J connectivity index is 1.88. The molecule has 0 amide bonds. The van der Waals surface area contributed by atoms with Crippen LogP contribution in [0.2, 0.25) is 0 Å². The van der Waals surface area contributed by atoms with Crippen molar-refractivity contribution >= 4 is 5.82 Å². The van der Waals surface area contributed by atoms with Gasteiger partial charge >= 0.3 is 0 Å². The summed E-state index contributed by atoms with van der Waals surface area (Å²) in [5.41, 5.74) is 0. The first-order valence-electron chi connectivity index (χ1n) is 7.15. The van der Waals surface area contributed by atoms with Gasteiger partial charge in [-0.25, -0.2) is 0 Å². The SMILES string of the molecule is CCCNc1cccc(OC2CCC(C)CC2)n1. The molecule has 0 aromatic carbocycles. The van der Waals surface area contributed by atoms with E-state index in [-0.39, 0.29) is 0 Å². The van der Waals surface area contributed by atoms with E-state index in [1.165, 1.54) is 12.8 Å². The van der Waals surface area contributed by atoms with Gasteiger partial charge in [0.1, 0.15) is 11.9 Å². The Hall–Kier alpha value is -1.25. The molecule has 0 unspecified atom stereocenters. The lowest BCUT2D eigenvalue weighted by atomic mass is 9.89. The average molecular weight is 248 g/mol. The van der Waals surface area contributed by atoms with Crippen LogP contribution < -0.4 is 10.1 Å². The highest BCUT2D eigenvalue weighted by atomic mass is 16.5. The highest BCUT2D eigenvalue weighted by Crippen LogP contribution is 2.26. The highest BCUT2D eigenvalue weighted by molar-refractivity contribution is 5.36. The van der Waals surface area contributed by atoms with Crippen molar-refractivity contribution in [1.82, 2.24) is 4.98 Å². The van der Waals surface area contributed by atoms with E-state index in [4.69, 9.17) is 4.74 Å². The fourth-order valence-corrected chi connectivity index (χ4v) is 2.35. The summed E-state index contributed by atoms with van der Waals surface area (Å²) in [4.78, 5) is 4.49. The fourth-order valence-electron chi connectivity index (χ4n) is 2.35. The first-order valence-corrected chi connectivity index (χ1v) is 7.15. The molecule has 1 aliphatic carbocycles. The number of pyridine rings is 1. The summed E-state index contributed by atoms with van der Waals surface area (Å²) in [7, 11) is 0. The van der Waals surface area contributed by atoms with E-state index in [0.717, 1.165) is 43.4 Å². The Morgan fingerprint density at radius 3 is 2.78 bits per heavy atom. The number of nitrogens with zero attached hydrogens (tertiary/aromatic N) is 1. The van der Waals surface area contributed by atoms with Gasteiger partial charge in [0.15, 0.2) is 0 Å². The quantitative estimate of drug-likeness (QED) is 0.859. The molecule has 1 saturated carbocycles. The number of anilines is 1. The van der Waals surface area contributed by atoms with Gasteiger partial charge < -0.3 is 10.1 Å². The zero-order valence-electron chi connectivity index (χ0n) is 11.5. The molecule has 1 N–H and O–H groups in total. The predicted molar refractivity (Wildman–Crippen MR) is 75.1 cm³/mol. The predicted octanol–water partition coefficient (Wildman–Crippen LogP) is 3.86. The van der Waals surface area contributed by atoms with E-state index < -0.39 is 0 Å². The number of nitrogens with one attached hydrogen (secondary N) is 1. The highest BCUT2D eigenvalue weighted by Gasteiger charge is 2.19. The van der Waals surface area contributed by atoms with Gasteiger partial charge in [-0.2, -0.15) is 4.98 Å². The third kappa shape index (κ3) is 3.90. The van der Waals surface area contributed by atoms with Crippen molar-refractivity contribution in [2.75, 3.05) is 11.9 Å². The molecule has 0 aliphatic heterocycles. The average Bonchev–Trinajstić information content (AvgIpc) is 2.40. The summed E-state index contributed by atoms with van der Waals surface area (Å²) in [6.07, 6.45) is 6.34. The van der Waals surface area contributed by atoms with Crippen LogP contribution >= 0.6 is 0 Å². The van der Waals surface area contributed by atoms with Crippen LogP contribution in [0.4, 0.5) is 5.82 Å². The second-order valence-corrected chi connectivity index (χ2v) is 5.29. The first kappa shape index (κ1) is 13.2. The van der Waals surface area contributed by atoms with E-state index >= 15 is 0 Å². The summed E-state index contributed by atoms with van der Waals surface area (Å²) < 4.78 is 5.97. The van der Waals surface area contributed by atoms with E-state index in [0.29, 0.717) is 6.10 Å². The molecule has 1 fully saturated rings. The van der Waals surface area contributed by atoms with Gasteiger partial charge in [0, 0.05) is 12.6 Å². The second kappa shape index (κ2) is 6.62. The summed E-state index contributed by atoms with van der Waals surface area (Å²) in [6, 6.07) is 5.95. The van der Waals surface area contributed by atoms with Gasteiger partial charge in [0.25, 0.3) is 0 Å². The van der Waals surface area contributed by atoms with Crippen molar-refractivity contribution in [3.8, 4) is 5.88 Å². The van der Waals surface area contributed by atoms with Crippen LogP contribution in [0.3, 0.4) is 0 Å². The van der Waals surface area contributed by atoms with Gasteiger partial charge in [-0.15, -0.1) is 0 Å². The van der Waals surface area contributed by atoms with E-state index in [9.17, 15) is 0 Å². The molecule has 2 rings (SSSR count). The van der Waals surface area contributed by atoms with Crippen LogP contribution in [0, 0.1) is 5.92 Å². The van der Waals surface area contributed by atoms with Crippen LogP contribution in [0.5, 0.6) is 5.88 Å². The van der Waals surface area contributed by atoms with Gasteiger partial charge in [-0.3, -0.25) is 0 Å². The zero-order valence-corrected chi connectivity index (χ0v) is 11.5. The third-order valence-electron chi connectivity index (χ3n) is 3.53. The van der Waals surface area contributed by atoms with Gasteiger partial charge in [-0.05, 0) is 44.1 Å². The lowest BCUT2D eigenvalue weighted by Crippen LogP contribution is -2.23. The smallest absolute Gasteiger partial charge is 0.215 e. The van der Waals surface area contributed by atoms with Crippen LogP contribution in [-0.2, 0) is 0 Å². The van der Waals surface area contributed by atoms with Crippen molar-refractivity contribution in [2.24, 2.45) is 5.92 Å². The van der Waals surface area contributed by atoms with Gasteiger partial charge in [0.2, 0.25) is 5.88 Å². The zero-order chi connectivity index (χ0) is 12.8. The van der Waals surface area contributed by atoms with E-state index in [2.05, 4.69) is 24.1 Å². The number of hydrogen-bond acceptors (Lipinski definition) is 3. The fraction of sp³-hybridized carbons (Fsp3) is 0.667. The largest absolute Gasteiger partial charge is 0.474 e. The Morgan fingerprint density at radius 2 is 2.06 bits per heavy atom. The molecule has 1 aromatic rings. The molecule has 3 heteroatoms. The Labute approximate surface area is 110 Å². The monoisotopic (exact) mass is 248 g/mol. The molecule has 18 heavy (non-hydrogen) atoms. The van der Waals surface area contributed by atoms with Crippen LogP contribution in [0.15, 0.2) is 18.2 Å². The minimum absolute atomic E-state index is 0.357. The van der Waals surface area contributed by atoms with Crippen molar-refractivity contribution in [2.45, 2.75) is 52.1 Å². The molecule has 0 bridgehead atoms. The molecule has 1 aliphatic rings. The maximum atomic E-state index is 5.97. The maximum Gasteiger partial charge on any atom is 0.215 e. The molecule has 1 heterocycles. The summed E-state index contributed by atoms with van der Waals surface area (Å²) in [6.45, 7) is 5.43. The summed E-state index contributed by atoms with van der Waals surface area (Å²) >= 11 is 0. The second-order valence-electron chi connectivity index (χ2n) is 5.29. The van der Waals surface area contributed by atoms with E-state index in [1.54, 1.807) is 0 Å². The summed E-state index contributed by atoms with van der Waals surface area (Å²) in [5, 5.41) is 3.29. The van der Waals surface area contributed by atoms with E-state index in [1.807, 2.05) is 18.2 Å². The lowest BCUT2D eigenvalue weighted by molar-refractivity contribution is 0.130. The maximum absolute atomic E-state index is 5.97. The van der Waals surface area contributed by atoms with Crippen molar-refractivity contribution in [3.05, 3.63) is 18.2 Å². The first-order chi connectivity index (χ1) is 8.78. The topological polar surface area (TPSA) is 34.1 Å². The Kier molecular flexibility index (Phi) is 4.85. The molecule has 3 nitrogen and oxygen atoms in total. The van der Waals surface area contributed by atoms with Crippen LogP contribution in [-0.4, -0.2) is 17.6 Å². The molecule has 0 spiro atoms. The molecule has 0 radical (unpaired) electrons. The lowest BCUT2D eigenvalue weighted by Gasteiger charge is -2.26. The number of hydrogen-bond donors (Lipinski definition) is 1. The van der Waals surface area contributed by atoms with Crippen molar-refractivity contribution in [3.63, 3.8) is 0 Å². The number of aromatic nitrogens is 1. The van der Waals surface area contributed by atoms with Crippen LogP contribution in [0.1, 0.15) is 46.0 Å². The summed E-state index contributed by atoms with van der Waals surface area (Å²) in [5.74, 6) is 2.53. The molecule has 0 atom stereocenters. The molecule has 1 aromatic heterocycles. The number of ether oxygens (including phenoxy) is 1. The van der Waals surface area contributed by atoms with Gasteiger partial charge in [0.05, 0.1) is 0 Å². The van der Waals surface area contributed by atoms with Crippen molar-refractivity contribution in [1.29, 1.82) is 0 Å². The Bertz CT molecular complexity index is 359. The molecular formula is C15H24N2O. The third-order valence-corrected chi connectivity index (χ3v) is 3.53. The minimum atomic E-state index is 0.357. The van der Waals surface area contributed by atoms with Gasteiger partial charge in [-0.1, -0.05) is 19.9 Å². The molecule has 100 valence electrons. The van der Waals surface area contributed by atoms with Crippen molar-refractivity contribution < 1.29 is 4.74 Å². The standard InChI is InChI=1S/C15H24N2O/c1-3-11-16-14-5-4-6-15(17-14)18-13-9-7-12(2)8-10-13/h4-6,12-13H,3,7-11H2,1-2H3,(H,16,17). The number of rotatable bonds is 5. The molecular weight excluding hydrogens is 224 g/mol. The minimum Gasteiger partial charge on any atom is -0.474 e. The molecule has 0 saturated heterocycles.